The quantitative estimate of drug-likeness (QED) is 0.302. The Hall–Kier alpha value is -3.63. The van der Waals surface area contributed by atoms with Crippen LogP contribution in [-0.4, -0.2) is 75.5 Å². The molecule has 0 spiro atoms. The fourth-order valence-electron chi connectivity index (χ4n) is 7.19. The van der Waals surface area contributed by atoms with Crippen LogP contribution in [0.5, 0.6) is 11.8 Å². The van der Waals surface area contributed by atoms with E-state index < -0.39 is 5.82 Å². The van der Waals surface area contributed by atoms with E-state index in [4.69, 9.17) is 19.8 Å². The zero-order valence-corrected chi connectivity index (χ0v) is 25.1. The molecule has 0 bridgehead atoms. The number of anilines is 1. The van der Waals surface area contributed by atoms with Gasteiger partial charge in [0, 0.05) is 25.8 Å². The molecule has 2 saturated heterocycles. The lowest BCUT2D eigenvalue weighted by Gasteiger charge is -2.31. The van der Waals surface area contributed by atoms with Gasteiger partial charge in [-0.2, -0.15) is 9.97 Å². The second-order valence-electron chi connectivity index (χ2n) is 11.8. The number of aryl methyl sites for hydroxylation is 2. The van der Waals surface area contributed by atoms with Crippen LogP contribution >= 0.6 is 0 Å². The molecule has 2 aromatic heterocycles. The highest BCUT2D eigenvalue weighted by atomic mass is 19.1. The van der Waals surface area contributed by atoms with Crippen molar-refractivity contribution in [2.75, 3.05) is 44.8 Å². The van der Waals surface area contributed by atoms with E-state index in [0.717, 1.165) is 51.7 Å². The first-order valence-corrected chi connectivity index (χ1v) is 15.3. The highest BCUT2D eigenvalue weighted by Crippen LogP contribution is 2.42. The molecule has 3 aliphatic rings. The Labute approximate surface area is 250 Å². The number of aliphatic hydroxyl groups excluding tert-OH is 1. The topological polar surface area (TPSA) is 94.8 Å². The second kappa shape index (κ2) is 11.8. The number of hydrogen-bond acceptors (Lipinski definition) is 8. The van der Waals surface area contributed by atoms with Crippen molar-refractivity contribution in [2.24, 2.45) is 0 Å². The van der Waals surface area contributed by atoms with Crippen molar-refractivity contribution in [1.82, 2.24) is 19.9 Å². The summed E-state index contributed by atoms with van der Waals surface area (Å²) >= 11 is 0. The average molecular weight is 592 g/mol. The van der Waals surface area contributed by atoms with Gasteiger partial charge in [-0.1, -0.05) is 13.0 Å². The van der Waals surface area contributed by atoms with Gasteiger partial charge in [0.05, 0.1) is 16.6 Å². The van der Waals surface area contributed by atoms with Gasteiger partial charge >= 0.3 is 6.01 Å². The normalized spacial score (nSPS) is 17.6. The fourth-order valence-corrected chi connectivity index (χ4v) is 7.19. The van der Waals surface area contributed by atoms with Crippen LogP contribution in [0, 0.1) is 11.6 Å². The molecule has 2 N–H and O–H groups in total. The first-order chi connectivity index (χ1) is 20.8. The monoisotopic (exact) mass is 591 g/mol. The van der Waals surface area contributed by atoms with Gasteiger partial charge in [0.25, 0.3) is 0 Å². The summed E-state index contributed by atoms with van der Waals surface area (Å²) in [6.07, 6.45) is 6.32. The molecule has 228 valence electrons. The lowest BCUT2D eigenvalue weighted by atomic mass is 9.94. The molecule has 0 unspecified atom stereocenters. The molecule has 8 nitrogen and oxygen atoms in total. The molecule has 5 heterocycles. The van der Waals surface area contributed by atoms with E-state index in [9.17, 15) is 9.50 Å². The number of phenols is 1. The maximum absolute atomic E-state index is 16.7. The van der Waals surface area contributed by atoms with Crippen LogP contribution in [-0.2, 0) is 12.8 Å². The third-order valence-electron chi connectivity index (χ3n) is 9.13. The van der Waals surface area contributed by atoms with E-state index in [0.29, 0.717) is 58.2 Å². The Balaban J connectivity index is 0.00000105. The van der Waals surface area contributed by atoms with Crippen LogP contribution in [0.4, 0.5) is 14.6 Å². The van der Waals surface area contributed by atoms with Gasteiger partial charge in [-0.25, -0.2) is 13.8 Å². The minimum absolute atomic E-state index is 0.00650. The summed E-state index contributed by atoms with van der Waals surface area (Å²) < 4.78 is 37.8. The summed E-state index contributed by atoms with van der Waals surface area (Å²) in [7, 11) is 1.94. The predicted octanol–water partition coefficient (Wildman–Crippen LogP) is 5.78. The Morgan fingerprint density at radius 3 is 2.44 bits per heavy atom. The zero-order chi connectivity index (χ0) is 30.3. The highest BCUT2D eigenvalue weighted by Gasteiger charge is 2.45. The number of aromatic hydroxyl groups is 1. The second-order valence-corrected chi connectivity index (χ2v) is 11.8. The third-order valence-corrected chi connectivity index (χ3v) is 9.13. The van der Waals surface area contributed by atoms with Crippen LogP contribution in [0.25, 0.3) is 32.9 Å². The SMILES string of the molecule is CCO.CCc1c(F)ccc2cc(O)cc(-c3nc4c5c(nc(OCC67CCCN6CCC7)nc5c3F)N(C)CCC4)c12. The maximum atomic E-state index is 16.7. The maximum Gasteiger partial charge on any atom is 0.319 e. The number of rotatable bonds is 5. The molecule has 0 radical (unpaired) electrons. The average Bonchev–Trinajstić information content (AvgIpc) is 3.53. The van der Waals surface area contributed by atoms with Gasteiger partial charge in [0.2, 0.25) is 0 Å². The van der Waals surface area contributed by atoms with E-state index in [1.807, 2.05) is 18.9 Å². The molecule has 0 amide bonds. The number of nitrogens with zero attached hydrogens (tertiary/aromatic N) is 5. The van der Waals surface area contributed by atoms with Crippen LogP contribution < -0.4 is 9.64 Å². The molecule has 2 fully saturated rings. The molecule has 7 rings (SSSR count). The van der Waals surface area contributed by atoms with E-state index in [-0.39, 0.29) is 40.9 Å². The van der Waals surface area contributed by atoms with Crippen LogP contribution in [0.2, 0.25) is 0 Å². The molecule has 2 aromatic carbocycles. The van der Waals surface area contributed by atoms with Crippen LogP contribution in [0.3, 0.4) is 0 Å². The number of phenolic OH excluding ortho intramolecular Hbond substituents is 1. The smallest absolute Gasteiger partial charge is 0.319 e. The van der Waals surface area contributed by atoms with Crippen LogP contribution in [0.15, 0.2) is 24.3 Å². The van der Waals surface area contributed by atoms with E-state index in [1.165, 1.54) is 12.1 Å². The molecule has 10 heteroatoms. The van der Waals surface area contributed by atoms with Crippen molar-refractivity contribution in [1.29, 1.82) is 0 Å². The van der Waals surface area contributed by atoms with Crippen molar-refractivity contribution in [3.05, 3.63) is 47.2 Å². The summed E-state index contributed by atoms with van der Waals surface area (Å²) in [4.78, 5) is 18.7. The van der Waals surface area contributed by atoms with Gasteiger partial charge < -0.3 is 19.8 Å². The number of pyridine rings is 1. The van der Waals surface area contributed by atoms with E-state index in [1.54, 1.807) is 19.1 Å². The summed E-state index contributed by atoms with van der Waals surface area (Å²) in [6, 6.07) is 6.20. The van der Waals surface area contributed by atoms with Gasteiger partial charge in [0.15, 0.2) is 5.82 Å². The minimum Gasteiger partial charge on any atom is -0.508 e. The molecule has 43 heavy (non-hydrogen) atoms. The van der Waals surface area contributed by atoms with E-state index >= 15 is 4.39 Å². The number of hydrogen-bond donors (Lipinski definition) is 2. The molecule has 0 atom stereocenters. The van der Waals surface area contributed by atoms with Crippen molar-refractivity contribution in [3.8, 4) is 23.0 Å². The first kappa shape index (κ1) is 29.4. The largest absolute Gasteiger partial charge is 0.508 e. The zero-order valence-electron chi connectivity index (χ0n) is 25.1. The predicted molar refractivity (Wildman–Crippen MR) is 164 cm³/mol. The Morgan fingerprint density at radius 1 is 0.977 bits per heavy atom. The molecular weight excluding hydrogens is 552 g/mol. The number of ether oxygens (including phenoxy) is 1. The van der Waals surface area contributed by atoms with Crippen molar-refractivity contribution < 1.29 is 23.7 Å². The lowest BCUT2D eigenvalue weighted by molar-refractivity contribution is 0.108. The molecular formula is C33H39F2N5O3. The summed E-state index contributed by atoms with van der Waals surface area (Å²) in [5, 5.41) is 19.9. The van der Waals surface area contributed by atoms with Crippen LogP contribution in [0.1, 0.15) is 57.2 Å². The van der Waals surface area contributed by atoms with Gasteiger partial charge in [-0.3, -0.25) is 4.90 Å². The lowest BCUT2D eigenvalue weighted by Crippen LogP contribution is -2.43. The number of benzene rings is 2. The standard InChI is InChI=1S/C31H33F2N5O2.C2H6O/c1-3-20-22(32)9-8-18-15-19(39)16-21(24(18)20)27-26(33)28-25-23(34-27)7-4-12-37(2)29(25)36-30(35-28)40-17-31-10-5-13-38(31)14-6-11-31;1-2-3/h8-9,15-16,39H,3-7,10-14,17H2,1-2H3;3H,2H2,1H3. The van der Waals surface area contributed by atoms with Crippen molar-refractivity contribution >= 4 is 27.5 Å². The summed E-state index contributed by atoms with van der Waals surface area (Å²) in [6.45, 7) is 7.17. The Morgan fingerprint density at radius 2 is 1.72 bits per heavy atom. The number of aromatic nitrogens is 3. The number of fused-ring (bicyclic) bond motifs is 2. The minimum atomic E-state index is -0.623. The summed E-state index contributed by atoms with van der Waals surface area (Å²) in [5.41, 5.74) is 1.72. The van der Waals surface area contributed by atoms with Crippen molar-refractivity contribution in [2.45, 2.75) is 64.3 Å². The first-order valence-electron chi connectivity index (χ1n) is 15.3. The molecule has 3 aliphatic heterocycles. The Bertz CT molecular complexity index is 1670. The summed E-state index contributed by atoms with van der Waals surface area (Å²) in [5.74, 6) is -0.413. The van der Waals surface area contributed by atoms with Crippen molar-refractivity contribution in [3.63, 3.8) is 0 Å². The highest BCUT2D eigenvalue weighted by molar-refractivity contribution is 6.02. The molecule has 4 aromatic rings. The number of aliphatic hydroxyl groups is 1. The number of halogens is 2. The van der Waals surface area contributed by atoms with Gasteiger partial charge in [-0.15, -0.1) is 0 Å². The Kier molecular flexibility index (Phi) is 8.08. The fraction of sp³-hybridized carbons (Fsp3) is 0.485. The third kappa shape index (κ3) is 5.14. The van der Waals surface area contributed by atoms with E-state index in [2.05, 4.69) is 9.88 Å². The molecule has 0 aliphatic carbocycles. The van der Waals surface area contributed by atoms with Gasteiger partial charge in [0.1, 0.15) is 35.2 Å². The van der Waals surface area contributed by atoms with Gasteiger partial charge in [-0.05, 0) is 99.5 Å². The molecule has 0 saturated carbocycles.